The average molecular weight is 168 g/mol. The molecule has 0 rings (SSSR count). The molecule has 1 nitrogen and oxygen atoms in total. The zero-order chi connectivity index (χ0) is 9.72. The second-order valence-electron chi connectivity index (χ2n) is 3.79. The third-order valence-electron chi connectivity index (χ3n) is 2.62. The van der Waals surface area contributed by atoms with E-state index in [1.54, 1.807) is 6.08 Å². The van der Waals surface area contributed by atoms with Crippen LogP contribution in [0.4, 0.5) is 0 Å². The molecular formula is C11H20O. The summed E-state index contributed by atoms with van der Waals surface area (Å²) in [7, 11) is 0. The van der Waals surface area contributed by atoms with Gasteiger partial charge in [-0.15, -0.1) is 0 Å². The summed E-state index contributed by atoms with van der Waals surface area (Å²) in [5, 5.41) is 0. The first-order chi connectivity index (χ1) is 5.50. The number of rotatable bonds is 4. The molecule has 1 heteroatoms. The van der Waals surface area contributed by atoms with Crippen LogP contribution >= 0.6 is 0 Å². The van der Waals surface area contributed by atoms with Crippen molar-refractivity contribution in [3.05, 3.63) is 12.2 Å². The predicted octanol–water partition coefficient (Wildman–Crippen LogP) is 3.06. The van der Waals surface area contributed by atoms with E-state index in [1.807, 2.05) is 19.9 Å². The minimum absolute atomic E-state index is 0.154. The Kier molecular flexibility index (Phi) is 4.87. The van der Waals surface area contributed by atoms with Gasteiger partial charge in [0.2, 0.25) is 0 Å². The normalized spacial score (nSPS) is 16.8. The van der Waals surface area contributed by atoms with Crippen molar-refractivity contribution in [2.24, 2.45) is 17.8 Å². The molecule has 0 N–H and O–H groups in total. The fraction of sp³-hybridized carbons (Fsp3) is 0.727. The minimum Gasteiger partial charge on any atom is -0.295 e. The Morgan fingerprint density at radius 1 is 1.17 bits per heavy atom. The molecule has 0 aliphatic heterocycles. The van der Waals surface area contributed by atoms with Gasteiger partial charge in [-0.3, -0.25) is 4.79 Å². The second kappa shape index (κ2) is 5.13. The maximum Gasteiger partial charge on any atom is 0.158 e. The largest absolute Gasteiger partial charge is 0.295 e. The first kappa shape index (κ1) is 11.4. The third-order valence-corrected chi connectivity index (χ3v) is 2.62. The van der Waals surface area contributed by atoms with Crippen molar-refractivity contribution in [2.75, 3.05) is 0 Å². The van der Waals surface area contributed by atoms with E-state index in [1.165, 1.54) is 0 Å². The zero-order valence-electron chi connectivity index (χ0n) is 8.79. The van der Waals surface area contributed by atoms with E-state index in [2.05, 4.69) is 20.8 Å². The molecule has 0 amide bonds. The van der Waals surface area contributed by atoms with E-state index in [-0.39, 0.29) is 11.7 Å². The van der Waals surface area contributed by atoms with Crippen LogP contribution in [0.2, 0.25) is 0 Å². The predicted molar refractivity (Wildman–Crippen MR) is 53.0 cm³/mol. The van der Waals surface area contributed by atoms with Gasteiger partial charge >= 0.3 is 0 Å². The number of hydrogen-bond acceptors (Lipinski definition) is 1. The fourth-order valence-corrected chi connectivity index (χ4v) is 1.15. The zero-order valence-corrected chi connectivity index (χ0v) is 8.79. The van der Waals surface area contributed by atoms with Crippen LogP contribution in [0.3, 0.4) is 0 Å². The van der Waals surface area contributed by atoms with Crippen molar-refractivity contribution in [2.45, 2.75) is 34.6 Å². The molecule has 0 aliphatic carbocycles. The summed E-state index contributed by atoms with van der Waals surface area (Å²) in [6.07, 6.45) is 3.48. The van der Waals surface area contributed by atoms with Crippen molar-refractivity contribution in [1.29, 1.82) is 0 Å². The van der Waals surface area contributed by atoms with Gasteiger partial charge in [-0.25, -0.2) is 0 Å². The molecule has 2 atom stereocenters. The quantitative estimate of drug-likeness (QED) is 0.590. The SMILES string of the molecule is CC=CC(=O)C(C)C(C)C(C)C. The molecule has 0 saturated carbocycles. The van der Waals surface area contributed by atoms with Crippen LogP contribution in [0, 0.1) is 17.8 Å². The standard InChI is InChI=1S/C11H20O/c1-6-7-11(12)10(5)9(4)8(2)3/h6-10H,1-5H3. The monoisotopic (exact) mass is 168 g/mol. The lowest BCUT2D eigenvalue weighted by atomic mass is 9.83. The first-order valence-electron chi connectivity index (χ1n) is 4.67. The van der Waals surface area contributed by atoms with E-state index in [0.29, 0.717) is 11.8 Å². The van der Waals surface area contributed by atoms with Gasteiger partial charge in [-0.1, -0.05) is 33.8 Å². The highest BCUT2D eigenvalue weighted by molar-refractivity contribution is 5.91. The molecule has 0 spiro atoms. The molecular weight excluding hydrogens is 148 g/mol. The smallest absolute Gasteiger partial charge is 0.158 e. The maximum absolute atomic E-state index is 11.4. The maximum atomic E-state index is 11.4. The van der Waals surface area contributed by atoms with Crippen molar-refractivity contribution < 1.29 is 4.79 Å². The van der Waals surface area contributed by atoms with Crippen LogP contribution in [-0.2, 0) is 4.79 Å². The molecule has 0 fully saturated rings. The van der Waals surface area contributed by atoms with Crippen LogP contribution in [0.5, 0.6) is 0 Å². The third kappa shape index (κ3) is 3.21. The van der Waals surface area contributed by atoms with Gasteiger partial charge in [-0.05, 0) is 24.8 Å². The Hall–Kier alpha value is -0.590. The lowest BCUT2D eigenvalue weighted by Crippen LogP contribution is -2.21. The van der Waals surface area contributed by atoms with Crippen molar-refractivity contribution >= 4 is 5.78 Å². The van der Waals surface area contributed by atoms with Crippen molar-refractivity contribution in [3.8, 4) is 0 Å². The van der Waals surface area contributed by atoms with Gasteiger partial charge < -0.3 is 0 Å². The van der Waals surface area contributed by atoms with E-state index in [0.717, 1.165) is 0 Å². The summed E-state index contributed by atoms with van der Waals surface area (Å²) in [4.78, 5) is 11.4. The Morgan fingerprint density at radius 2 is 1.67 bits per heavy atom. The Bertz CT molecular complexity index is 168. The van der Waals surface area contributed by atoms with Gasteiger partial charge in [0.05, 0.1) is 0 Å². The fourth-order valence-electron chi connectivity index (χ4n) is 1.15. The van der Waals surface area contributed by atoms with Gasteiger partial charge in [0, 0.05) is 5.92 Å². The number of allylic oxidation sites excluding steroid dienone is 2. The Balaban J connectivity index is 4.18. The number of carbonyl (C=O) groups excluding carboxylic acids is 1. The summed E-state index contributed by atoms with van der Waals surface area (Å²) in [6.45, 7) is 10.3. The first-order valence-corrected chi connectivity index (χ1v) is 4.67. The molecule has 12 heavy (non-hydrogen) atoms. The van der Waals surface area contributed by atoms with Crippen LogP contribution in [0.25, 0.3) is 0 Å². The van der Waals surface area contributed by atoms with Crippen LogP contribution in [0.15, 0.2) is 12.2 Å². The molecule has 0 bridgehead atoms. The molecule has 0 saturated heterocycles. The number of hydrogen-bond donors (Lipinski definition) is 0. The molecule has 0 aromatic rings. The molecule has 0 aliphatic rings. The molecule has 70 valence electrons. The summed E-state index contributed by atoms with van der Waals surface area (Å²) >= 11 is 0. The highest BCUT2D eigenvalue weighted by Crippen LogP contribution is 2.20. The summed E-state index contributed by atoms with van der Waals surface area (Å²) in [5.74, 6) is 1.45. The van der Waals surface area contributed by atoms with Gasteiger partial charge in [0.1, 0.15) is 0 Å². The summed E-state index contributed by atoms with van der Waals surface area (Å²) in [5.41, 5.74) is 0. The van der Waals surface area contributed by atoms with Crippen LogP contribution in [-0.4, -0.2) is 5.78 Å². The lowest BCUT2D eigenvalue weighted by molar-refractivity contribution is -0.119. The van der Waals surface area contributed by atoms with Crippen molar-refractivity contribution in [1.82, 2.24) is 0 Å². The van der Waals surface area contributed by atoms with E-state index in [4.69, 9.17) is 0 Å². The Morgan fingerprint density at radius 3 is 2.00 bits per heavy atom. The second-order valence-corrected chi connectivity index (χ2v) is 3.79. The highest BCUT2D eigenvalue weighted by Gasteiger charge is 2.20. The average Bonchev–Trinajstić information content (AvgIpc) is 2.02. The Labute approximate surface area is 75.9 Å². The minimum atomic E-state index is 0.154. The molecule has 2 unspecified atom stereocenters. The highest BCUT2D eigenvalue weighted by atomic mass is 16.1. The number of ketones is 1. The van der Waals surface area contributed by atoms with Crippen LogP contribution < -0.4 is 0 Å². The van der Waals surface area contributed by atoms with Crippen LogP contribution in [0.1, 0.15) is 34.6 Å². The molecule has 0 aromatic carbocycles. The summed E-state index contributed by atoms with van der Waals surface area (Å²) < 4.78 is 0. The van der Waals surface area contributed by atoms with Gasteiger partial charge in [0.25, 0.3) is 0 Å². The summed E-state index contributed by atoms with van der Waals surface area (Å²) in [6, 6.07) is 0. The number of carbonyl (C=O) groups is 1. The topological polar surface area (TPSA) is 17.1 Å². The van der Waals surface area contributed by atoms with Gasteiger partial charge in [0.15, 0.2) is 5.78 Å². The van der Waals surface area contributed by atoms with Gasteiger partial charge in [-0.2, -0.15) is 0 Å². The lowest BCUT2D eigenvalue weighted by Gasteiger charge is -2.20. The van der Waals surface area contributed by atoms with E-state index in [9.17, 15) is 4.79 Å². The van der Waals surface area contributed by atoms with Crippen molar-refractivity contribution in [3.63, 3.8) is 0 Å². The molecule has 0 radical (unpaired) electrons. The molecule has 0 heterocycles. The van der Waals surface area contributed by atoms with E-state index >= 15 is 0 Å². The molecule has 0 aromatic heterocycles. The van der Waals surface area contributed by atoms with E-state index < -0.39 is 0 Å².